The molecule has 0 aromatic heterocycles. The zero-order chi connectivity index (χ0) is 23.2. The Kier molecular flexibility index (Phi) is 4.58. The molecule has 4 heteroatoms. The minimum Gasteiger partial charge on any atom is -0.202 e. The van der Waals surface area contributed by atoms with Crippen LogP contribution in [0.1, 0.15) is 88.2 Å². The highest BCUT2D eigenvalue weighted by atomic mass is 19.2. The topological polar surface area (TPSA) is 0 Å². The average molecular weight is 467 g/mol. The third kappa shape index (κ3) is 3.27. The van der Waals surface area contributed by atoms with Crippen LogP contribution in [0, 0.1) is 93.3 Å². The predicted octanol–water partition coefficient (Wildman–Crippen LogP) is 7.38. The second-order valence-corrected chi connectivity index (χ2v) is 12.9. The second kappa shape index (κ2) is 7.29. The number of hydrogen-bond donors (Lipinski definition) is 0. The summed E-state index contributed by atoms with van der Waals surface area (Å²) in [4.78, 5) is 0. The van der Waals surface area contributed by atoms with E-state index in [1.165, 1.54) is 38.5 Å². The van der Waals surface area contributed by atoms with Crippen LogP contribution in [-0.2, 0) is 0 Å². The molecule has 0 N–H and O–H groups in total. The lowest BCUT2D eigenvalue weighted by Crippen LogP contribution is -2.45. The Morgan fingerprint density at radius 2 is 0.676 bits per heavy atom. The molecule has 0 unspecified atom stereocenters. The molecule has 8 aliphatic carbocycles. The molecule has 0 aliphatic heterocycles. The Morgan fingerprint density at radius 1 is 0.441 bits per heavy atom. The van der Waals surface area contributed by atoms with Crippen molar-refractivity contribution in [2.24, 2.45) is 46.3 Å². The van der Waals surface area contributed by atoms with Crippen LogP contribution in [0.15, 0.2) is 0 Å². The lowest BCUT2D eigenvalue weighted by molar-refractivity contribution is -0.0182. The molecular formula is C30H30F4. The van der Waals surface area contributed by atoms with Gasteiger partial charge in [-0.25, -0.2) is 17.6 Å². The molecule has 0 heterocycles. The van der Waals surface area contributed by atoms with Crippen LogP contribution in [0.4, 0.5) is 17.6 Å². The van der Waals surface area contributed by atoms with Gasteiger partial charge in [-0.1, -0.05) is 23.7 Å². The lowest BCUT2D eigenvalue weighted by atomic mass is 9.50. The maximum atomic E-state index is 15.0. The summed E-state index contributed by atoms with van der Waals surface area (Å²) in [6.45, 7) is 0. The van der Waals surface area contributed by atoms with Crippen molar-refractivity contribution in [2.45, 2.75) is 77.0 Å². The second-order valence-electron chi connectivity index (χ2n) is 12.9. The van der Waals surface area contributed by atoms with Gasteiger partial charge in [-0.15, -0.1) is 0 Å². The first-order chi connectivity index (χ1) is 16.3. The zero-order valence-electron chi connectivity index (χ0n) is 19.5. The van der Waals surface area contributed by atoms with Crippen LogP contribution < -0.4 is 0 Å². The highest BCUT2D eigenvalue weighted by Gasteiger charge is 2.51. The van der Waals surface area contributed by atoms with Gasteiger partial charge in [-0.2, -0.15) is 0 Å². The van der Waals surface area contributed by atoms with Crippen LogP contribution in [-0.4, -0.2) is 0 Å². The number of hydrogen-bond acceptors (Lipinski definition) is 0. The summed E-state index contributed by atoms with van der Waals surface area (Å²) in [6.07, 6.45) is 13.0. The summed E-state index contributed by atoms with van der Waals surface area (Å²) in [5.41, 5.74) is -2.05. The first kappa shape index (κ1) is 21.4. The summed E-state index contributed by atoms with van der Waals surface area (Å²) in [6, 6.07) is 0. The van der Waals surface area contributed by atoms with Gasteiger partial charge in [0.15, 0.2) is 23.3 Å². The van der Waals surface area contributed by atoms with Gasteiger partial charge in [-0.3, -0.25) is 0 Å². The molecule has 0 saturated heterocycles. The monoisotopic (exact) mass is 466 g/mol. The molecule has 1 aromatic rings. The molecule has 1 aromatic carbocycles. The molecule has 0 nitrogen and oxygen atoms in total. The van der Waals surface area contributed by atoms with Crippen LogP contribution >= 0.6 is 0 Å². The minimum absolute atomic E-state index is 0.252. The van der Waals surface area contributed by atoms with Crippen LogP contribution in [0.2, 0.25) is 0 Å². The van der Waals surface area contributed by atoms with Gasteiger partial charge in [-0.05, 0) is 113 Å². The van der Waals surface area contributed by atoms with E-state index in [0.29, 0.717) is 35.5 Å². The molecule has 178 valence electrons. The highest BCUT2D eigenvalue weighted by Crippen LogP contribution is 2.60. The Hall–Kier alpha value is -1.94. The van der Waals surface area contributed by atoms with Gasteiger partial charge in [0.1, 0.15) is 11.1 Å². The summed E-state index contributed by atoms with van der Waals surface area (Å²) in [5.74, 6) is 9.57. The maximum Gasteiger partial charge on any atom is 0.178 e. The molecule has 8 aliphatic rings. The minimum atomic E-state index is -1.40. The molecule has 8 bridgehead atoms. The van der Waals surface area contributed by atoms with Gasteiger partial charge in [0.05, 0.1) is 0 Å². The number of benzene rings is 1. The van der Waals surface area contributed by atoms with Crippen molar-refractivity contribution in [1.29, 1.82) is 0 Å². The van der Waals surface area contributed by atoms with Gasteiger partial charge in [0.2, 0.25) is 0 Å². The predicted molar refractivity (Wildman–Crippen MR) is 121 cm³/mol. The number of halogens is 4. The smallest absolute Gasteiger partial charge is 0.178 e. The highest BCUT2D eigenvalue weighted by molar-refractivity contribution is 5.48. The Morgan fingerprint density at radius 3 is 0.912 bits per heavy atom. The Labute approximate surface area is 199 Å². The average Bonchev–Trinajstić information content (AvgIpc) is 2.76. The quantitative estimate of drug-likeness (QED) is 0.213. The van der Waals surface area contributed by atoms with E-state index in [9.17, 15) is 17.6 Å². The molecule has 0 atom stereocenters. The first-order valence-corrected chi connectivity index (χ1v) is 13.2. The lowest BCUT2D eigenvalue weighted by Gasteiger charge is -2.54. The summed E-state index contributed by atoms with van der Waals surface area (Å²) >= 11 is 0. The van der Waals surface area contributed by atoms with Gasteiger partial charge in [0, 0.05) is 10.8 Å². The third-order valence-electron chi connectivity index (χ3n) is 10.2. The molecule has 8 fully saturated rings. The van der Waals surface area contributed by atoms with E-state index in [1.54, 1.807) is 0 Å². The maximum absolute atomic E-state index is 15.0. The van der Waals surface area contributed by atoms with Crippen molar-refractivity contribution < 1.29 is 17.6 Å². The van der Waals surface area contributed by atoms with Crippen molar-refractivity contribution in [1.82, 2.24) is 0 Å². The van der Waals surface area contributed by atoms with Crippen molar-refractivity contribution in [3.8, 4) is 23.7 Å². The summed E-state index contributed by atoms with van der Waals surface area (Å²) in [7, 11) is 0. The van der Waals surface area contributed by atoms with Crippen LogP contribution in [0.3, 0.4) is 0 Å². The van der Waals surface area contributed by atoms with E-state index in [4.69, 9.17) is 0 Å². The summed E-state index contributed by atoms with van der Waals surface area (Å²) in [5, 5.41) is 0. The molecule has 9 rings (SSSR count). The van der Waals surface area contributed by atoms with E-state index in [1.807, 2.05) is 0 Å². The van der Waals surface area contributed by atoms with E-state index in [0.717, 1.165) is 38.5 Å². The van der Waals surface area contributed by atoms with Crippen LogP contribution in [0.25, 0.3) is 0 Å². The molecule has 0 spiro atoms. The van der Waals surface area contributed by atoms with Gasteiger partial charge >= 0.3 is 0 Å². The van der Waals surface area contributed by atoms with Crippen LogP contribution in [0.5, 0.6) is 0 Å². The fourth-order valence-electron chi connectivity index (χ4n) is 9.77. The van der Waals surface area contributed by atoms with Crippen molar-refractivity contribution in [2.75, 3.05) is 0 Å². The van der Waals surface area contributed by atoms with E-state index >= 15 is 0 Å². The Balaban J connectivity index is 1.22. The van der Waals surface area contributed by atoms with E-state index < -0.39 is 34.4 Å². The molecule has 0 radical (unpaired) electrons. The Bertz CT molecular complexity index is 994. The molecule has 34 heavy (non-hydrogen) atoms. The van der Waals surface area contributed by atoms with Gasteiger partial charge < -0.3 is 0 Å². The van der Waals surface area contributed by atoms with Crippen molar-refractivity contribution >= 4 is 0 Å². The number of rotatable bonds is 0. The fraction of sp³-hybridized carbons (Fsp3) is 0.667. The van der Waals surface area contributed by atoms with E-state index in [-0.39, 0.29) is 10.8 Å². The zero-order valence-corrected chi connectivity index (χ0v) is 19.5. The fourth-order valence-corrected chi connectivity index (χ4v) is 9.77. The SMILES string of the molecule is Fc1c(F)c(C#CC23CC4CC(CC(C4)C2)C3)c(F)c(F)c1C#CC12CC3CC(CC(C3)C1)C2. The molecular weight excluding hydrogens is 436 g/mol. The molecule has 8 saturated carbocycles. The molecule has 0 amide bonds. The standard InChI is InChI=1S/C30H30F4/c31-25-23(1-3-29-11-17-5-18(12-29)7-19(6-17)13-29)26(32)28(34)24(27(25)33)2-4-30-14-20-8-21(15-30)10-22(9-20)16-30/h17-22H,5-16H2. The van der Waals surface area contributed by atoms with Crippen molar-refractivity contribution in [3.05, 3.63) is 34.4 Å². The van der Waals surface area contributed by atoms with Crippen molar-refractivity contribution in [3.63, 3.8) is 0 Å². The largest absolute Gasteiger partial charge is 0.202 e. The normalized spacial score (nSPS) is 42.8. The third-order valence-corrected chi connectivity index (χ3v) is 10.2. The first-order valence-electron chi connectivity index (χ1n) is 13.2. The summed E-state index contributed by atoms with van der Waals surface area (Å²) < 4.78 is 60.0. The van der Waals surface area contributed by atoms with Gasteiger partial charge in [0.25, 0.3) is 0 Å². The van der Waals surface area contributed by atoms with E-state index in [2.05, 4.69) is 23.7 Å².